The molecule has 5 heteroatoms. The highest BCUT2D eigenvalue weighted by atomic mass is 32.2. The molecule has 90 valence electrons. The summed E-state index contributed by atoms with van der Waals surface area (Å²) in [4.78, 5) is 0. The van der Waals surface area contributed by atoms with Gasteiger partial charge in [0.2, 0.25) is 0 Å². The molecule has 0 atom stereocenters. The molecule has 0 saturated carbocycles. The molecule has 0 unspecified atom stereocenters. The molecule has 0 N–H and O–H groups in total. The van der Waals surface area contributed by atoms with Crippen LogP contribution in [0.4, 0.5) is 0 Å². The van der Waals surface area contributed by atoms with Gasteiger partial charge < -0.3 is 0 Å². The molecular formula is C11H18N2O2S. The van der Waals surface area contributed by atoms with Gasteiger partial charge in [0.25, 0.3) is 10.0 Å². The Balaban J connectivity index is 0.00000106. The zero-order valence-corrected chi connectivity index (χ0v) is 11.0. The molecule has 0 aliphatic rings. The van der Waals surface area contributed by atoms with Gasteiger partial charge in [0.05, 0.1) is 18.1 Å². The van der Waals surface area contributed by atoms with Gasteiger partial charge in [-0.05, 0) is 6.92 Å². The Morgan fingerprint density at radius 2 is 2.00 bits per heavy atom. The van der Waals surface area contributed by atoms with Crippen molar-refractivity contribution in [2.75, 3.05) is 6.26 Å². The van der Waals surface area contributed by atoms with Gasteiger partial charge >= 0.3 is 0 Å². The molecule has 0 spiro atoms. The highest BCUT2D eigenvalue weighted by Gasteiger charge is 2.09. The van der Waals surface area contributed by atoms with Crippen LogP contribution in [0.2, 0.25) is 0 Å². The molecule has 1 aromatic rings. The first-order chi connectivity index (χ1) is 7.45. The highest BCUT2D eigenvalue weighted by molar-refractivity contribution is 7.89. The summed E-state index contributed by atoms with van der Waals surface area (Å²) in [5.74, 6) is 0. The van der Waals surface area contributed by atoms with Crippen molar-refractivity contribution in [2.24, 2.45) is 0 Å². The van der Waals surface area contributed by atoms with Crippen molar-refractivity contribution in [2.45, 2.75) is 20.8 Å². The first-order valence-electron chi connectivity index (χ1n) is 5.01. The number of hydrogen-bond acceptors (Lipinski definition) is 3. The highest BCUT2D eigenvalue weighted by Crippen LogP contribution is 2.09. The van der Waals surface area contributed by atoms with Gasteiger partial charge in [0, 0.05) is 5.56 Å². The summed E-state index contributed by atoms with van der Waals surface area (Å²) in [6, 6.07) is 0. The summed E-state index contributed by atoms with van der Waals surface area (Å²) in [5, 5.41) is 3.88. The van der Waals surface area contributed by atoms with Crippen LogP contribution in [0, 0.1) is 6.92 Å². The van der Waals surface area contributed by atoms with Crippen molar-refractivity contribution in [1.82, 2.24) is 9.19 Å². The lowest BCUT2D eigenvalue weighted by atomic mass is 10.2. The minimum absolute atomic E-state index is 0.675. The minimum Gasteiger partial charge on any atom is -0.205 e. The van der Waals surface area contributed by atoms with Gasteiger partial charge in [0.1, 0.15) is 0 Å². The van der Waals surface area contributed by atoms with Crippen molar-refractivity contribution < 1.29 is 8.42 Å². The van der Waals surface area contributed by atoms with E-state index in [-0.39, 0.29) is 0 Å². The summed E-state index contributed by atoms with van der Waals surface area (Å²) < 4.78 is 23.2. The molecular weight excluding hydrogens is 224 g/mol. The predicted molar refractivity (Wildman–Crippen MR) is 67.8 cm³/mol. The second-order valence-corrected chi connectivity index (χ2v) is 4.74. The van der Waals surface area contributed by atoms with Crippen molar-refractivity contribution >= 4 is 16.1 Å². The summed E-state index contributed by atoms with van der Waals surface area (Å²) in [6.07, 6.45) is 7.70. The molecule has 1 rings (SSSR count). The van der Waals surface area contributed by atoms with Crippen LogP contribution >= 0.6 is 0 Å². The van der Waals surface area contributed by atoms with E-state index < -0.39 is 10.0 Å². The number of hydrogen-bond donors (Lipinski definition) is 0. The molecule has 1 aromatic heterocycles. The Morgan fingerprint density at radius 1 is 1.44 bits per heavy atom. The molecule has 0 saturated heterocycles. The van der Waals surface area contributed by atoms with E-state index in [0.717, 1.165) is 15.9 Å². The number of nitrogens with zero attached hydrogens (tertiary/aromatic N) is 2. The lowest BCUT2D eigenvalue weighted by Crippen LogP contribution is -2.10. The Kier molecular flexibility index (Phi) is 5.74. The molecule has 4 nitrogen and oxygen atoms in total. The van der Waals surface area contributed by atoms with Crippen LogP contribution in [0.3, 0.4) is 0 Å². The van der Waals surface area contributed by atoms with Crippen LogP contribution in [0.25, 0.3) is 6.08 Å². The van der Waals surface area contributed by atoms with E-state index in [2.05, 4.69) is 11.7 Å². The van der Waals surface area contributed by atoms with E-state index in [1.165, 1.54) is 6.20 Å². The smallest absolute Gasteiger partial charge is 0.205 e. The van der Waals surface area contributed by atoms with Crippen LogP contribution < -0.4 is 0 Å². The van der Waals surface area contributed by atoms with Crippen LogP contribution in [0.5, 0.6) is 0 Å². The van der Waals surface area contributed by atoms with Gasteiger partial charge in [-0.2, -0.15) is 9.19 Å². The van der Waals surface area contributed by atoms with Crippen molar-refractivity contribution in [3.8, 4) is 0 Å². The maximum atomic E-state index is 11.1. The molecule has 0 aromatic carbocycles. The Bertz CT molecular complexity index is 470. The van der Waals surface area contributed by atoms with Crippen molar-refractivity contribution in [3.63, 3.8) is 0 Å². The fourth-order valence-corrected chi connectivity index (χ4v) is 1.53. The van der Waals surface area contributed by atoms with Gasteiger partial charge in [-0.1, -0.05) is 38.7 Å². The lowest BCUT2D eigenvalue weighted by molar-refractivity contribution is 0.586. The van der Waals surface area contributed by atoms with Crippen LogP contribution in [0.1, 0.15) is 25.1 Å². The molecule has 0 radical (unpaired) electrons. The second kappa shape index (κ2) is 6.27. The Morgan fingerprint density at radius 3 is 2.38 bits per heavy atom. The third kappa shape index (κ3) is 4.02. The van der Waals surface area contributed by atoms with E-state index in [0.29, 0.717) is 5.69 Å². The molecule has 0 bridgehead atoms. The molecule has 0 amide bonds. The first kappa shape index (κ1) is 14.6. The van der Waals surface area contributed by atoms with Gasteiger partial charge in [-0.25, -0.2) is 8.42 Å². The van der Waals surface area contributed by atoms with Crippen LogP contribution in [0.15, 0.2) is 24.9 Å². The van der Waals surface area contributed by atoms with E-state index in [1.807, 2.05) is 13.8 Å². The van der Waals surface area contributed by atoms with Crippen LogP contribution in [-0.4, -0.2) is 23.9 Å². The second-order valence-electron chi connectivity index (χ2n) is 2.90. The topological polar surface area (TPSA) is 52.0 Å². The summed E-state index contributed by atoms with van der Waals surface area (Å²) in [5.41, 5.74) is 1.45. The molecule has 0 fully saturated rings. The maximum Gasteiger partial charge on any atom is 0.250 e. The maximum absolute atomic E-state index is 11.1. The Labute approximate surface area is 97.3 Å². The van der Waals surface area contributed by atoms with Crippen molar-refractivity contribution in [3.05, 3.63) is 36.2 Å². The standard InChI is InChI=1S/C9H12N2O2S.C2H6/c1-4-5-6-9-7-11(10-8(9)2)14(3,12)13;1-2/h4-7H,1H2,2-3H3;1-2H3/b6-5-;. The molecule has 16 heavy (non-hydrogen) atoms. The summed E-state index contributed by atoms with van der Waals surface area (Å²) in [6.45, 7) is 9.28. The van der Waals surface area contributed by atoms with E-state index in [9.17, 15) is 8.42 Å². The molecule has 1 heterocycles. The zero-order valence-electron chi connectivity index (χ0n) is 10.1. The Hall–Kier alpha value is -1.36. The number of aromatic nitrogens is 2. The fourth-order valence-electron chi connectivity index (χ4n) is 0.952. The van der Waals surface area contributed by atoms with Crippen LogP contribution in [-0.2, 0) is 10.0 Å². The van der Waals surface area contributed by atoms with Gasteiger partial charge in [0.15, 0.2) is 0 Å². The van der Waals surface area contributed by atoms with E-state index >= 15 is 0 Å². The quantitative estimate of drug-likeness (QED) is 0.764. The lowest BCUT2D eigenvalue weighted by Gasteiger charge is -1.93. The van der Waals surface area contributed by atoms with Gasteiger partial charge in [-0.3, -0.25) is 0 Å². The third-order valence-corrected chi connectivity index (χ3v) is 2.53. The SMILES string of the molecule is C=C/C=C\c1cn(S(C)(=O)=O)nc1C.CC. The minimum atomic E-state index is -3.28. The number of rotatable bonds is 3. The number of allylic oxidation sites excluding steroid dienone is 2. The average Bonchev–Trinajstić information content (AvgIpc) is 2.60. The zero-order chi connectivity index (χ0) is 12.8. The summed E-state index contributed by atoms with van der Waals surface area (Å²) in [7, 11) is -3.28. The van der Waals surface area contributed by atoms with Crippen molar-refractivity contribution in [1.29, 1.82) is 0 Å². The predicted octanol–water partition coefficient (Wildman–Crippen LogP) is 2.22. The normalized spacial score (nSPS) is 11.0. The largest absolute Gasteiger partial charge is 0.250 e. The van der Waals surface area contributed by atoms with E-state index in [1.54, 1.807) is 25.2 Å². The molecule has 0 aliphatic carbocycles. The third-order valence-electron chi connectivity index (χ3n) is 1.67. The summed E-state index contributed by atoms with van der Waals surface area (Å²) >= 11 is 0. The molecule has 0 aliphatic heterocycles. The monoisotopic (exact) mass is 242 g/mol. The fraction of sp³-hybridized carbons (Fsp3) is 0.364. The number of aryl methyl sites for hydroxylation is 1. The van der Waals surface area contributed by atoms with E-state index in [4.69, 9.17) is 0 Å². The first-order valence-corrected chi connectivity index (χ1v) is 6.86. The van der Waals surface area contributed by atoms with Gasteiger partial charge in [-0.15, -0.1) is 0 Å². The average molecular weight is 242 g/mol.